The van der Waals surface area contributed by atoms with Gasteiger partial charge in [0.25, 0.3) is 0 Å². The number of piperazine rings is 1. The van der Waals surface area contributed by atoms with Crippen molar-refractivity contribution in [2.45, 2.75) is 50.9 Å². The van der Waals surface area contributed by atoms with Crippen molar-refractivity contribution >= 4 is 40.6 Å². The molecule has 2 N–H and O–H groups in total. The third-order valence-corrected chi connectivity index (χ3v) is 7.18. The lowest BCUT2D eigenvalue weighted by molar-refractivity contribution is -0.141. The molecule has 1 aromatic carbocycles. The molecule has 2 fully saturated rings. The second-order valence-corrected chi connectivity index (χ2v) is 9.57. The molecule has 0 bridgehead atoms. The Morgan fingerprint density at radius 1 is 1.20 bits per heavy atom. The first-order valence-electron chi connectivity index (χ1n) is 11.8. The van der Waals surface area contributed by atoms with Crippen LogP contribution in [0.5, 0.6) is 0 Å². The van der Waals surface area contributed by atoms with Crippen LogP contribution in [0.4, 0.5) is 9.59 Å². The SMILES string of the molecule is COCCCn1cc(Cl)c2ccc([C@@H](C)N(C(=O)[C@H]3CN(C(=O)O)CCN3C(=O)O)C3CC3)cc21. The van der Waals surface area contributed by atoms with Gasteiger partial charge in [-0.15, -0.1) is 0 Å². The third-order valence-electron chi connectivity index (χ3n) is 6.88. The van der Waals surface area contributed by atoms with Crippen LogP contribution in [-0.4, -0.2) is 93.0 Å². The van der Waals surface area contributed by atoms with Gasteiger partial charge in [0.1, 0.15) is 6.04 Å². The van der Waals surface area contributed by atoms with Gasteiger partial charge in [0.15, 0.2) is 0 Å². The molecular formula is C24H31ClN4O6. The molecule has 1 saturated carbocycles. The summed E-state index contributed by atoms with van der Waals surface area (Å²) in [4.78, 5) is 41.1. The number of hydrogen-bond acceptors (Lipinski definition) is 4. The number of amides is 3. The molecule has 0 radical (unpaired) electrons. The van der Waals surface area contributed by atoms with Crippen LogP contribution < -0.4 is 0 Å². The van der Waals surface area contributed by atoms with E-state index in [2.05, 4.69) is 4.57 Å². The van der Waals surface area contributed by atoms with Crippen molar-refractivity contribution in [2.75, 3.05) is 33.4 Å². The molecule has 2 atom stereocenters. The van der Waals surface area contributed by atoms with Crippen LogP contribution in [0.25, 0.3) is 10.9 Å². The highest BCUT2D eigenvalue weighted by Crippen LogP contribution is 2.37. The van der Waals surface area contributed by atoms with E-state index in [1.807, 2.05) is 31.3 Å². The van der Waals surface area contributed by atoms with Gasteiger partial charge in [0, 0.05) is 56.5 Å². The van der Waals surface area contributed by atoms with Crippen LogP contribution >= 0.6 is 11.6 Å². The molecular weight excluding hydrogens is 476 g/mol. The summed E-state index contributed by atoms with van der Waals surface area (Å²) in [6, 6.07) is 4.53. The maximum Gasteiger partial charge on any atom is 0.408 e. The van der Waals surface area contributed by atoms with Gasteiger partial charge in [0.05, 0.1) is 17.6 Å². The van der Waals surface area contributed by atoms with Gasteiger partial charge in [-0.1, -0.05) is 23.7 Å². The number of methoxy groups -OCH3 is 1. The van der Waals surface area contributed by atoms with E-state index in [9.17, 15) is 24.6 Å². The summed E-state index contributed by atoms with van der Waals surface area (Å²) in [7, 11) is 1.66. The summed E-state index contributed by atoms with van der Waals surface area (Å²) in [5.41, 5.74) is 1.87. The number of carbonyl (C=O) groups is 3. The van der Waals surface area contributed by atoms with E-state index in [4.69, 9.17) is 16.3 Å². The Kier molecular flexibility index (Phi) is 7.42. The average Bonchev–Trinajstić information content (AvgIpc) is 3.62. The summed E-state index contributed by atoms with van der Waals surface area (Å²) in [5.74, 6) is -0.359. The van der Waals surface area contributed by atoms with Crippen molar-refractivity contribution in [2.24, 2.45) is 0 Å². The Labute approximate surface area is 208 Å². The average molecular weight is 507 g/mol. The van der Waals surface area contributed by atoms with Crippen LogP contribution in [0.2, 0.25) is 5.02 Å². The molecule has 11 heteroatoms. The zero-order chi connectivity index (χ0) is 25.3. The number of aromatic nitrogens is 1. The van der Waals surface area contributed by atoms with Gasteiger partial charge in [-0.2, -0.15) is 0 Å². The maximum absolute atomic E-state index is 13.7. The normalized spacial score (nSPS) is 19.1. The third kappa shape index (κ3) is 5.18. The molecule has 35 heavy (non-hydrogen) atoms. The highest BCUT2D eigenvalue weighted by molar-refractivity contribution is 6.35. The lowest BCUT2D eigenvalue weighted by Crippen LogP contribution is -2.62. The molecule has 1 aromatic heterocycles. The van der Waals surface area contributed by atoms with Gasteiger partial charge in [-0.25, -0.2) is 9.59 Å². The fourth-order valence-corrected chi connectivity index (χ4v) is 5.14. The summed E-state index contributed by atoms with van der Waals surface area (Å²) in [6.07, 6.45) is 2.01. The quantitative estimate of drug-likeness (QED) is 0.527. The highest BCUT2D eigenvalue weighted by atomic mass is 35.5. The van der Waals surface area contributed by atoms with Crippen molar-refractivity contribution in [1.29, 1.82) is 0 Å². The van der Waals surface area contributed by atoms with Gasteiger partial charge < -0.3 is 29.3 Å². The summed E-state index contributed by atoms with van der Waals surface area (Å²) >= 11 is 6.45. The standard InChI is InChI=1S/C24H31ClN4O6/c1-15(16-4-7-18-19(25)13-26(20(18)12-16)8-3-11-35-2)29(17-5-6-17)22(30)21-14-27(23(31)32)9-10-28(21)24(33)34/h4,7,12-13,15,17,21H,3,5-6,8-11,14H2,1-2H3,(H,31,32)(H,33,34)/t15-,21-/m1/s1. The van der Waals surface area contributed by atoms with Gasteiger partial charge in [-0.05, 0) is 37.8 Å². The minimum atomic E-state index is -1.22. The number of ether oxygens (including phenoxy) is 1. The zero-order valence-corrected chi connectivity index (χ0v) is 20.6. The Bertz CT molecular complexity index is 1120. The highest BCUT2D eigenvalue weighted by Gasteiger charge is 2.44. The van der Waals surface area contributed by atoms with Gasteiger partial charge in [-0.3, -0.25) is 9.69 Å². The zero-order valence-electron chi connectivity index (χ0n) is 19.9. The Morgan fingerprint density at radius 3 is 2.57 bits per heavy atom. The van der Waals surface area contributed by atoms with Crippen molar-refractivity contribution in [1.82, 2.24) is 19.3 Å². The topological polar surface area (TPSA) is 116 Å². The van der Waals surface area contributed by atoms with Crippen molar-refractivity contribution in [3.8, 4) is 0 Å². The lowest BCUT2D eigenvalue weighted by atomic mass is 10.0. The van der Waals surface area contributed by atoms with Crippen molar-refractivity contribution in [3.63, 3.8) is 0 Å². The second kappa shape index (κ2) is 10.3. The number of rotatable bonds is 8. The number of benzene rings is 1. The Morgan fingerprint density at radius 2 is 1.94 bits per heavy atom. The van der Waals surface area contributed by atoms with Crippen molar-refractivity contribution in [3.05, 3.63) is 35.0 Å². The van der Waals surface area contributed by atoms with Crippen LogP contribution in [0.3, 0.4) is 0 Å². The van der Waals surface area contributed by atoms with Crippen LogP contribution in [0.15, 0.2) is 24.4 Å². The largest absolute Gasteiger partial charge is 0.465 e. The van der Waals surface area contributed by atoms with E-state index in [1.54, 1.807) is 12.0 Å². The van der Waals surface area contributed by atoms with E-state index in [1.165, 1.54) is 0 Å². The number of aryl methyl sites for hydroxylation is 1. The summed E-state index contributed by atoms with van der Waals surface area (Å²) in [6.45, 7) is 3.13. The number of halogens is 1. The molecule has 10 nitrogen and oxygen atoms in total. The fraction of sp³-hybridized carbons (Fsp3) is 0.542. The van der Waals surface area contributed by atoms with E-state index < -0.39 is 18.2 Å². The molecule has 2 aromatic rings. The minimum Gasteiger partial charge on any atom is -0.465 e. The van der Waals surface area contributed by atoms with Crippen LogP contribution in [-0.2, 0) is 16.1 Å². The van der Waals surface area contributed by atoms with Crippen LogP contribution in [0, 0.1) is 0 Å². The first kappa shape index (κ1) is 25.1. The van der Waals surface area contributed by atoms with E-state index in [0.29, 0.717) is 11.6 Å². The predicted octanol–water partition coefficient (Wildman–Crippen LogP) is 3.73. The Hall–Kier alpha value is -2.98. The molecule has 2 heterocycles. The number of fused-ring (bicyclic) bond motifs is 1. The molecule has 0 unspecified atom stereocenters. The predicted molar refractivity (Wildman–Crippen MR) is 130 cm³/mol. The molecule has 4 rings (SSSR count). The molecule has 190 valence electrons. The number of carboxylic acid groups (broad SMARTS) is 2. The smallest absolute Gasteiger partial charge is 0.408 e. The lowest BCUT2D eigenvalue weighted by Gasteiger charge is -2.41. The summed E-state index contributed by atoms with van der Waals surface area (Å²) in [5, 5.41) is 20.7. The minimum absolute atomic E-state index is 0.00104. The summed E-state index contributed by atoms with van der Waals surface area (Å²) < 4.78 is 7.24. The first-order valence-corrected chi connectivity index (χ1v) is 12.2. The van der Waals surface area contributed by atoms with Crippen LogP contribution in [0.1, 0.15) is 37.8 Å². The van der Waals surface area contributed by atoms with Gasteiger partial charge in [0.2, 0.25) is 5.91 Å². The molecule has 1 saturated heterocycles. The molecule has 1 aliphatic heterocycles. The van der Waals surface area contributed by atoms with E-state index >= 15 is 0 Å². The van der Waals surface area contributed by atoms with E-state index in [0.717, 1.165) is 52.1 Å². The number of carbonyl (C=O) groups excluding carboxylic acids is 1. The Balaban J connectivity index is 1.63. The molecule has 2 aliphatic rings. The van der Waals surface area contributed by atoms with Crippen molar-refractivity contribution < 1.29 is 29.3 Å². The molecule has 1 aliphatic carbocycles. The van der Waals surface area contributed by atoms with Gasteiger partial charge >= 0.3 is 12.2 Å². The number of hydrogen-bond donors (Lipinski definition) is 2. The fourth-order valence-electron chi connectivity index (χ4n) is 4.86. The second-order valence-electron chi connectivity index (χ2n) is 9.17. The monoisotopic (exact) mass is 506 g/mol. The first-order chi connectivity index (χ1) is 16.7. The number of nitrogens with zero attached hydrogens (tertiary/aromatic N) is 4. The molecule has 3 amide bonds. The maximum atomic E-state index is 13.7. The van der Waals surface area contributed by atoms with E-state index in [-0.39, 0.29) is 37.6 Å². The molecule has 0 spiro atoms.